The maximum Gasteiger partial charge on any atom is 0.416 e. The summed E-state index contributed by atoms with van der Waals surface area (Å²) in [6.07, 6.45) is -1.64. The molecule has 2 aromatic heterocycles. The van der Waals surface area contributed by atoms with E-state index in [1.807, 2.05) is 0 Å². The van der Waals surface area contributed by atoms with E-state index < -0.39 is 26.7 Å². The van der Waals surface area contributed by atoms with Crippen LogP contribution >= 0.6 is 0 Å². The van der Waals surface area contributed by atoms with Gasteiger partial charge in [0.25, 0.3) is 0 Å². The van der Waals surface area contributed by atoms with E-state index in [-0.39, 0.29) is 6.54 Å². The number of halogens is 3. The molecule has 2 heterocycles. The summed E-state index contributed by atoms with van der Waals surface area (Å²) in [6, 6.07) is 10.3. The molecule has 0 amide bonds. The molecule has 136 valence electrons. The number of hydrogen-bond acceptors (Lipinski definition) is 4. The van der Waals surface area contributed by atoms with E-state index in [9.17, 15) is 21.6 Å². The van der Waals surface area contributed by atoms with Crippen LogP contribution in [0.15, 0.2) is 70.3 Å². The Balaban J connectivity index is 1.72. The monoisotopic (exact) mass is 382 g/mol. The van der Waals surface area contributed by atoms with E-state index in [1.54, 1.807) is 24.3 Å². The molecule has 0 atom stereocenters. The summed E-state index contributed by atoms with van der Waals surface area (Å²) in [5.74, 6) is 0.570. The summed E-state index contributed by atoms with van der Waals surface area (Å²) in [7, 11) is -4.09. The number of furan rings is 1. The van der Waals surface area contributed by atoms with Crippen LogP contribution in [0.1, 0.15) is 11.1 Å². The smallest absolute Gasteiger partial charge is 0.416 e. The summed E-state index contributed by atoms with van der Waals surface area (Å²) in [4.78, 5) is 3.71. The van der Waals surface area contributed by atoms with Crippen molar-refractivity contribution in [2.24, 2.45) is 0 Å². The molecule has 3 aromatic rings. The van der Waals surface area contributed by atoms with Crippen molar-refractivity contribution in [3.63, 3.8) is 0 Å². The van der Waals surface area contributed by atoms with Gasteiger partial charge in [0, 0.05) is 12.7 Å². The van der Waals surface area contributed by atoms with Gasteiger partial charge in [-0.2, -0.15) is 13.2 Å². The largest absolute Gasteiger partial charge is 0.463 e. The van der Waals surface area contributed by atoms with Gasteiger partial charge in [0.05, 0.1) is 16.7 Å². The first-order valence-corrected chi connectivity index (χ1v) is 8.90. The van der Waals surface area contributed by atoms with Crippen LogP contribution in [-0.2, 0) is 22.7 Å². The Bertz CT molecular complexity index is 983. The molecular weight excluding hydrogens is 369 g/mol. The molecule has 0 aliphatic rings. The molecule has 1 aromatic carbocycles. The first-order valence-electron chi connectivity index (χ1n) is 7.41. The zero-order valence-electron chi connectivity index (χ0n) is 13.2. The van der Waals surface area contributed by atoms with Crippen molar-refractivity contribution in [3.05, 3.63) is 72.1 Å². The van der Waals surface area contributed by atoms with Gasteiger partial charge in [-0.1, -0.05) is 12.1 Å². The van der Waals surface area contributed by atoms with Crippen molar-refractivity contribution in [3.8, 4) is 11.5 Å². The molecule has 0 aliphatic carbocycles. The highest BCUT2D eigenvalue weighted by atomic mass is 32.2. The third-order valence-corrected chi connectivity index (χ3v) is 4.94. The topological polar surface area (TPSA) is 72.2 Å². The number of nitrogens with one attached hydrogen (secondary N) is 1. The highest BCUT2D eigenvalue weighted by Crippen LogP contribution is 2.30. The molecule has 0 saturated heterocycles. The van der Waals surface area contributed by atoms with Gasteiger partial charge in [-0.15, -0.1) is 0 Å². The quantitative estimate of drug-likeness (QED) is 0.728. The number of nitrogens with zero attached hydrogens (tertiary/aromatic N) is 1. The normalized spacial score (nSPS) is 12.3. The molecule has 1 N–H and O–H groups in total. The average Bonchev–Trinajstić information content (AvgIpc) is 3.15. The zero-order valence-corrected chi connectivity index (χ0v) is 14.0. The molecule has 0 radical (unpaired) electrons. The molecule has 26 heavy (non-hydrogen) atoms. The number of benzene rings is 1. The first kappa shape index (κ1) is 18.2. The lowest BCUT2D eigenvalue weighted by Crippen LogP contribution is -2.23. The molecule has 0 fully saturated rings. The van der Waals surface area contributed by atoms with Crippen molar-refractivity contribution in [1.29, 1.82) is 0 Å². The van der Waals surface area contributed by atoms with E-state index in [4.69, 9.17) is 4.42 Å². The van der Waals surface area contributed by atoms with Gasteiger partial charge in [-0.3, -0.25) is 4.98 Å². The van der Waals surface area contributed by atoms with Gasteiger partial charge >= 0.3 is 6.18 Å². The minimum absolute atomic E-state index is 0.107. The number of aromatic nitrogens is 1. The second kappa shape index (κ2) is 6.93. The molecule has 0 aliphatic heterocycles. The van der Waals surface area contributed by atoms with E-state index in [0.717, 1.165) is 18.2 Å². The van der Waals surface area contributed by atoms with Gasteiger partial charge in [0.1, 0.15) is 5.69 Å². The van der Waals surface area contributed by atoms with Crippen LogP contribution < -0.4 is 4.72 Å². The molecule has 0 saturated carbocycles. The third-order valence-electron chi connectivity index (χ3n) is 3.54. The van der Waals surface area contributed by atoms with Crippen molar-refractivity contribution in [2.45, 2.75) is 17.6 Å². The summed E-state index contributed by atoms with van der Waals surface area (Å²) in [6.45, 7) is -0.107. The van der Waals surface area contributed by atoms with Crippen LogP contribution in [-0.4, -0.2) is 13.4 Å². The molecule has 9 heteroatoms. The van der Waals surface area contributed by atoms with Gasteiger partial charge in [-0.25, -0.2) is 13.1 Å². The SMILES string of the molecule is O=S(=O)(NCc1ccc(-c2ccco2)nc1)c1cccc(C(F)(F)F)c1. The third kappa shape index (κ3) is 4.12. The fourth-order valence-electron chi connectivity index (χ4n) is 2.20. The van der Waals surface area contributed by atoms with Crippen LogP contribution in [0.5, 0.6) is 0 Å². The van der Waals surface area contributed by atoms with Crippen LogP contribution in [0, 0.1) is 0 Å². The first-order chi connectivity index (χ1) is 12.3. The zero-order chi connectivity index (χ0) is 18.8. The van der Waals surface area contributed by atoms with E-state index >= 15 is 0 Å². The van der Waals surface area contributed by atoms with Crippen molar-refractivity contribution < 1.29 is 26.0 Å². The number of rotatable bonds is 5. The lowest BCUT2D eigenvalue weighted by molar-refractivity contribution is -0.137. The highest BCUT2D eigenvalue weighted by Gasteiger charge is 2.31. The summed E-state index contributed by atoms with van der Waals surface area (Å²) in [5, 5.41) is 0. The molecule has 0 bridgehead atoms. The number of sulfonamides is 1. The van der Waals surface area contributed by atoms with Crippen LogP contribution in [0.2, 0.25) is 0 Å². The Morgan fingerprint density at radius 1 is 1.08 bits per heavy atom. The van der Waals surface area contributed by atoms with Gasteiger partial charge in [-0.05, 0) is 42.0 Å². The molecule has 0 spiro atoms. The summed E-state index contributed by atoms with van der Waals surface area (Å²) < 4.78 is 70.1. The van der Waals surface area contributed by atoms with Crippen molar-refractivity contribution >= 4 is 10.0 Å². The van der Waals surface area contributed by atoms with Crippen molar-refractivity contribution in [1.82, 2.24) is 9.71 Å². The second-order valence-corrected chi connectivity index (χ2v) is 7.15. The number of alkyl halides is 3. The fourth-order valence-corrected chi connectivity index (χ4v) is 3.26. The predicted octanol–water partition coefficient (Wildman–Crippen LogP) is 3.84. The standard InChI is InChI=1S/C17H13F3N2O3S/c18-17(19,20)13-3-1-4-14(9-13)26(23,24)22-11-12-6-7-15(21-10-12)16-5-2-8-25-16/h1-10,22H,11H2. The van der Waals surface area contributed by atoms with Gasteiger partial charge in [0.15, 0.2) is 5.76 Å². The number of pyridine rings is 1. The Hall–Kier alpha value is -2.65. The van der Waals surface area contributed by atoms with Gasteiger partial charge in [0.2, 0.25) is 10.0 Å². The van der Waals surface area contributed by atoms with E-state index in [0.29, 0.717) is 23.1 Å². The molecule has 0 unspecified atom stereocenters. The lowest BCUT2D eigenvalue weighted by Gasteiger charge is -2.10. The van der Waals surface area contributed by atoms with Crippen LogP contribution in [0.3, 0.4) is 0 Å². The fraction of sp³-hybridized carbons (Fsp3) is 0.118. The van der Waals surface area contributed by atoms with E-state index in [1.165, 1.54) is 12.5 Å². The minimum atomic E-state index is -4.61. The lowest BCUT2D eigenvalue weighted by atomic mass is 10.2. The molecule has 5 nitrogen and oxygen atoms in total. The number of hydrogen-bond donors (Lipinski definition) is 1. The highest BCUT2D eigenvalue weighted by molar-refractivity contribution is 7.89. The summed E-state index contributed by atoms with van der Waals surface area (Å²) in [5.41, 5.74) is 0.111. The minimum Gasteiger partial charge on any atom is -0.463 e. The predicted molar refractivity (Wildman–Crippen MR) is 87.4 cm³/mol. The Kier molecular flexibility index (Phi) is 4.84. The molecule has 3 rings (SSSR count). The Morgan fingerprint density at radius 2 is 1.88 bits per heavy atom. The van der Waals surface area contributed by atoms with E-state index in [2.05, 4.69) is 9.71 Å². The maximum atomic E-state index is 12.7. The Morgan fingerprint density at radius 3 is 2.50 bits per heavy atom. The maximum absolute atomic E-state index is 12.7. The Labute approximate surface area is 147 Å². The summed E-state index contributed by atoms with van der Waals surface area (Å²) >= 11 is 0. The second-order valence-electron chi connectivity index (χ2n) is 5.38. The van der Waals surface area contributed by atoms with Crippen LogP contribution in [0.4, 0.5) is 13.2 Å². The van der Waals surface area contributed by atoms with Gasteiger partial charge < -0.3 is 4.42 Å². The van der Waals surface area contributed by atoms with Crippen molar-refractivity contribution in [2.75, 3.05) is 0 Å². The van der Waals surface area contributed by atoms with Crippen LogP contribution in [0.25, 0.3) is 11.5 Å². The average molecular weight is 382 g/mol. The molecular formula is C17H13F3N2O3S.